The first-order chi connectivity index (χ1) is 9.58. The summed E-state index contributed by atoms with van der Waals surface area (Å²) in [7, 11) is 0. The van der Waals surface area contributed by atoms with E-state index >= 15 is 0 Å². The molecule has 104 valence electrons. The normalized spacial score (nSPS) is 17.9. The van der Waals surface area contributed by atoms with Crippen LogP contribution >= 0.6 is 11.3 Å². The molecule has 0 fully saturated rings. The van der Waals surface area contributed by atoms with Crippen LogP contribution in [0.25, 0.3) is 0 Å². The molecule has 3 heterocycles. The maximum absolute atomic E-state index is 12.4. The van der Waals surface area contributed by atoms with Crippen molar-refractivity contribution < 1.29 is 14.7 Å². The Morgan fingerprint density at radius 1 is 1.55 bits per heavy atom. The van der Waals surface area contributed by atoms with Gasteiger partial charge in [-0.3, -0.25) is 9.89 Å². The Bertz CT molecular complexity index is 678. The molecule has 8 heteroatoms. The number of fused-ring (bicyclic) bond motifs is 1. The van der Waals surface area contributed by atoms with Gasteiger partial charge in [-0.05, 0) is 30.4 Å². The van der Waals surface area contributed by atoms with Gasteiger partial charge in [0.2, 0.25) is 5.82 Å². The molecule has 2 N–H and O–H groups in total. The monoisotopic (exact) mass is 292 g/mol. The van der Waals surface area contributed by atoms with E-state index in [4.69, 9.17) is 0 Å². The third-order valence-electron chi connectivity index (χ3n) is 3.25. The summed E-state index contributed by atoms with van der Waals surface area (Å²) >= 11 is 1.52. The lowest BCUT2D eigenvalue weighted by Gasteiger charge is -2.32. The second-order valence-corrected chi connectivity index (χ2v) is 5.53. The van der Waals surface area contributed by atoms with Crippen LogP contribution in [0.2, 0.25) is 0 Å². The number of hydrogen-bond acceptors (Lipinski definition) is 5. The lowest BCUT2D eigenvalue weighted by molar-refractivity contribution is -0.143. The molecule has 20 heavy (non-hydrogen) atoms. The molecule has 1 aliphatic heterocycles. The molecular formula is C12H12N4O3S. The molecule has 3 rings (SSSR count). The molecule has 0 aliphatic carbocycles. The third kappa shape index (κ3) is 1.97. The molecule has 0 radical (unpaired) electrons. The van der Waals surface area contributed by atoms with Crippen molar-refractivity contribution in [3.05, 3.63) is 33.5 Å². The van der Waals surface area contributed by atoms with E-state index in [9.17, 15) is 14.7 Å². The average molecular weight is 292 g/mol. The van der Waals surface area contributed by atoms with Crippen LogP contribution in [0.3, 0.4) is 0 Å². The molecule has 0 saturated heterocycles. The molecule has 2 aromatic heterocycles. The van der Waals surface area contributed by atoms with E-state index in [1.54, 1.807) is 13.0 Å². The summed E-state index contributed by atoms with van der Waals surface area (Å²) < 4.78 is 0. The molecule has 0 spiro atoms. The predicted octanol–water partition coefficient (Wildman–Crippen LogP) is 0.999. The fraction of sp³-hybridized carbons (Fsp3) is 0.333. The number of thiophene rings is 1. The Hall–Kier alpha value is -2.22. The summed E-state index contributed by atoms with van der Waals surface area (Å²) in [6.45, 7) is 2.04. The molecule has 0 saturated carbocycles. The van der Waals surface area contributed by atoms with Crippen molar-refractivity contribution in [2.24, 2.45) is 0 Å². The molecular weight excluding hydrogens is 280 g/mol. The van der Waals surface area contributed by atoms with Crippen LogP contribution in [-0.4, -0.2) is 43.6 Å². The van der Waals surface area contributed by atoms with Crippen molar-refractivity contribution >= 4 is 23.2 Å². The Morgan fingerprint density at radius 2 is 2.35 bits per heavy atom. The molecule has 1 atom stereocenters. The van der Waals surface area contributed by atoms with Gasteiger partial charge in [-0.25, -0.2) is 9.78 Å². The van der Waals surface area contributed by atoms with Gasteiger partial charge in [0, 0.05) is 11.4 Å². The number of carbonyl (C=O) groups excluding carboxylic acids is 1. The lowest BCUT2D eigenvalue weighted by Crippen LogP contribution is -2.43. The van der Waals surface area contributed by atoms with Crippen molar-refractivity contribution in [1.82, 2.24) is 20.1 Å². The SMILES string of the molecule is Cc1nc(C(=O)N2CCc3sccc3C2C(=O)O)n[nH]1. The van der Waals surface area contributed by atoms with Crippen LogP contribution in [0, 0.1) is 6.92 Å². The quantitative estimate of drug-likeness (QED) is 0.860. The summed E-state index contributed by atoms with van der Waals surface area (Å²) in [5.41, 5.74) is 0.689. The van der Waals surface area contributed by atoms with E-state index in [1.165, 1.54) is 16.2 Å². The number of aliphatic carboxylic acids is 1. The summed E-state index contributed by atoms with van der Waals surface area (Å²) in [5.74, 6) is -0.968. The number of rotatable bonds is 2. The highest BCUT2D eigenvalue weighted by Gasteiger charge is 2.38. The number of amides is 1. The number of hydrogen-bond donors (Lipinski definition) is 2. The van der Waals surface area contributed by atoms with Gasteiger partial charge in [0.05, 0.1) is 0 Å². The highest BCUT2D eigenvalue weighted by molar-refractivity contribution is 7.10. The highest BCUT2D eigenvalue weighted by atomic mass is 32.1. The van der Waals surface area contributed by atoms with E-state index in [1.807, 2.05) is 5.38 Å². The topological polar surface area (TPSA) is 99.2 Å². The molecule has 1 unspecified atom stereocenters. The number of carboxylic acids is 1. The van der Waals surface area contributed by atoms with Gasteiger partial charge >= 0.3 is 5.97 Å². The van der Waals surface area contributed by atoms with Crippen molar-refractivity contribution in [1.29, 1.82) is 0 Å². The maximum Gasteiger partial charge on any atom is 0.331 e. The molecule has 1 amide bonds. The van der Waals surface area contributed by atoms with Crippen molar-refractivity contribution in [2.45, 2.75) is 19.4 Å². The van der Waals surface area contributed by atoms with Gasteiger partial charge in [0.15, 0.2) is 6.04 Å². The van der Waals surface area contributed by atoms with Crippen LogP contribution in [0.4, 0.5) is 0 Å². The summed E-state index contributed by atoms with van der Waals surface area (Å²) in [5, 5.41) is 17.7. The Balaban J connectivity index is 1.97. The van der Waals surface area contributed by atoms with E-state index in [-0.39, 0.29) is 5.82 Å². The largest absolute Gasteiger partial charge is 0.479 e. The number of carbonyl (C=O) groups is 2. The minimum absolute atomic E-state index is 0.00688. The first kappa shape index (κ1) is 12.8. The van der Waals surface area contributed by atoms with Crippen LogP contribution in [-0.2, 0) is 11.2 Å². The van der Waals surface area contributed by atoms with Gasteiger partial charge in [0.1, 0.15) is 5.82 Å². The highest BCUT2D eigenvalue weighted by Crippen LogP contribution is 2.34. The maximum atomic E-state index is 12.4. The van der Waals surface area contributed by atoms with Crippen LogP contribution < -0.4 is 0 Å². The molecule has 1 aliphatic rings. The van der Waals surface area contributed by atoms with Crippen LogP contribution in [0.1, 0.15) is 32.9 Å². The molecule has 0 bridgehead atoms. The van der Waals surface area contributed by atoms with Gasteiger partial charge in [-0.15, -0.1) is 16.4 Å². The third-order valence-corrected chi connectivity index (χ3v) is 4.25. The van der Waals surface area contributed by atoms with E-state index < -0.39 is 17.9 Å². The van der Waals surface area contributed by atoms with E-state index in [2.05, 4.69) is 15.2 Å². The number of aryl methyl sites for hydroxylation is 1. The molecule has 0 aromatic carbocycles. The molecule has 2 aromatic rings. The number of aromatic amines is 1. The van der Waals surface area contributed by atoms with E-state index in [0.717, 1.165) is 4.88 Å². The number of aromatic nitrogens is 3. The zero-order valence-corrected chi connectivity index (χ0v) is 11.5. The van der Waals surface area contributed by atoms with Gasteiger partial charge in [-0.1, -0.05) is 0 Å². The number of nitrogens with one attached hydrogen (secondary N) is 1. The van der Waals surface area contributed by atoms with Crippen LogP contribution in [0.15, 0.2) is 11.4 Å². The number of H-pyrrole nitrogens is 1. The lowest BCUT2D eigenvalue weighted by atomic mass is 10.00. The predicted molar refractivity (Wildman–Crippen MR) is 70.6 cm³/mol. The fourth-order valence-electron chi connectivity index (χ4n) is 2.37. The van der Waals surface area contributed by atoms with Crippen molar-refractivity contribution in [3.8, 4) is 0 Å². The second-order valence-electron chi connectivity index (χ2n) is 4.53. The number of nitrogens with zero attached hydrogens (tertiary/aromatic N) is 3. The standard InChI is InChI=1S/C12H12N4O3S/c1-6-13-10(15-14-6)11(17)16-4-2-8-7(3-5-20-8)9(16)12(18)19/h3,5,9H,2,4H2,1H3,(H,18,19)(H,13,14,15). The first-order valence-corrected chi connectivity index (χ1v) is 6.95. The van der Waals surface area contributed by atoms with Crippen LogP contribution in [0.5, 0.6) is 0 Å². The minimum Gasteiger partial charge on any atom is -0.479 e. The Morgan fingerprint density at radius 3 is 3.00 bits per heavy atom. The first-order valence-electron chi connectivity index (χ1n) is 6.07. The summed E-state index contributed by atoms with van der Waals surface area (Å²) in [4.78, 5) is 30.2. The van der Waals surface area contributed by atoms with Gasteiger partial charge in [0.25, 0.3) is 5.91 Å². The zero-order chi connectivity index (χ0) is 14.3. The minimum atomic E-state index is -1.04. The number of carboxylic acid groups (broad SMARTS) is 1. The Labute approximate surface area is 118 Å². The summed E-state index contributed by atoms with van der Waals surface area (Å²) in [6.07, 6.45) is 0.659. The molecule has 7 nitrogen and oxygen atoms in total. The van der Waals surface area contributed by atoms with Crippen molar-refractivity contribution in [3.63, 3.8) is 0 Å². The average Bonchev–Trinajstić information content (AvgIpc) is 3.04. The van der Waals surface area contributed by atoms with E-state index in [0.29, 0.717) is 24.4 Å². The Kier molecular flexibility index (Phi) is 3.01. The van der Waals surface area contributed by atoms with Gasteiger partial charge < -0.3 is 10.0 Å². The second kappa shape index (κ2) is 4.71. The summed E-state index contributed by atoms with van der Waals surface area (Å²) in [6, 6.07) is 0.804. The fourth-order valence-corrected chi connectivity index (χ4v) is 3.27. The van der Waals surface area contributed by atoms with Gasteiger partial charge in [-0.2, -0.15) is 0 Å². The van der Waals surface area contributed by atoms with Crippen molar-refractivity contribution in [2.75, 3.05) is 6.54 Å². The smallest absolute Gasteiger partial charge is 0.331 e. The zero-order valence-electron chi connectivity index (χ0n) is 10.7.